The van der Waals surface area contributed by atoms with Crippen molar-refractivity contribution in [3.05, 3.63) is 34.9 Å². The van der Waals surface area contributed by atoms with Gasteiger partial charge in [-0.25, -0.2) is 0 Å². The average molecular weight is 227 g/mol. The normalized spacial score (nSPS) is 11.9. The van der Waals surface area contributed by atoms with Crippen LogP contribution in [0.15, 0.2) is 24.3 Å². The van der Waals surface area contributed by atoms with E-state index in [4.69, 9.17) is 28.9 Å². The van der Waals surface area contributed by atoms with Gasteiger partial charge in [-0.1, -0.05) is 23.7 Å². The molecule has 1 rings (SSSR count). The highest BCUT2D eigenvalue weighted by atomic mass is 35.5. The first-order valence-electron chi connectivity index (χ1n) is 3.33. The summed E-state index contributed by atoms with van der Waals surface area (Å²) in [5.74, 6) is 0. The van der Waals surface area contributed by atoms with E-state index in [9.17, 15) is 0 Å². The Balaban J connectivity index is 0.00000121. The summed E-state index contributed by atoms with van der Waals surface area (Å²) in [4.78, 5) is 0. The van der Waals surface area contributed by atoms with Gasteiger partial charge in [0.1, 0.15) is 0 Å². The highest BCUT2D eigenvalue weighted by molar-refractivity contribution is 6.30. The number of halogens is 3. The molecule has 0 heterocycles. The summed E-state index contributed by atoms with van der Waals surface area (Å²) < 4.78 is 0. The molecule has 0 bridgehead atoms. The zero-order valence-corrected chi connectivity index (χ0v) is 8.66. The lowest BCUT2D eigenvalue weighted by Gasteiger charge is -2.05. The van der Waals surface area contributed by atoms with Crippen molar-refractivity contribution in [1.29, 1.82) is 0 Å². The minimum absolute atomic E-state index is 0. The van der Waals surface area contributed by atoms with Crippen LogP contribution in [0.3, 0.4) is 0 Å². The predicted octanol–water partition coefficient (Wildman–Crippen LogP) is 3.00. The molecule has 0 amide bonds. The van der Waals surface area contributed by atoms with Crippen molar-refractivity contribution >= 4 is 35.6 Å². The van der Waals surface area contributed by atoms with Gasteiger partial charge < -0.3 is 5.73 Å². The van der Waals surface area contributed by atoms with Gasteiger partial charge in [-0.15, -0.1) is 24.0 Å². The topological polar surface area (TPSA) is 26.0 Å². The quantitative estimate of drug-likeness (QED) is 0.771. The van der Waals surface area contributed by atoms with Gasteiger partial charge in [0.25, 0.3) is 0 Å². The molecule has 1 aromatic carbocycles. The third-order valence-electron chi connectivity index (χ3n) is 1.44. The second-order valence-corrected chi connectivity index (χ2v) is 3.22. The molecule has 1 atom stereocenters. The zero-order valence-electron chi connectivity index (χ0n) is 6.34. The first-order valence-corrected chi connectivity index (χ1v) is 4.15. The van der Waals surface area contributed by atoms with Crippen molar-refractivity contribution in [2.45, 2.75) is 5.38 Å². The highest BCUT2D eigenvalue weighted by Gasteiger charge is 2.03. The van der Waals surface area contributed by atoms with E-state index >= 15 is 0 Å². The van der Waals surface area contributed by atoms with Gasteiger partial charge in [0.05, 0.1) is 5.38 Å². The summed E-state index contributed by atoms with van der Waals surface area (Å²) >= 11 is 11.6. The smallest absolute Gasteiger partial charge is 0.0707 e. The number of alkyl halides is 1. The Morgan fingerprint density at radius 1 is 1.25 bits per heavy atom. The molecule has 0 aliphatic carbocycles. The fourth-order valence-electron chi connectivity index (χ4n) is 0.808. The molecule has 0 aliphatic rings. The van der Waals surface area contributed by atoms with Crippen molar-refractivity contribution in [3.63, 3.8) is 0 Å². The van der Waals surface area contributed by atoms with E-state index in [1.807, 2.05) is 24.3 Å². The molecule has 68 valence electrons. The van der Waals surface area contributed by atoms with Gasteiger partial charge in [-0.3, -0.25) is 0 Å². The van der Waals surface area contributed by atoms with Gasteiger partial charge in [0.2, 0.25) is 0 Å². The summed E-state index contributed by atoms with van der Waals surface area (Å²) in [7, 11) is 0. The minimum atomic E-state index is -0.104. The van der Waals surface area contributed by atoms with Gasteiger partial charge in [0, 0.05) is 11.6 Å². The lowest BCUT2D eigenvalue weighted by Crippen LogP contribution is -2.06. The third-order valence-corrected chi connectivity index (χ3v) is 2.12. The summed E-state index contributed by atoms with van der Waals surface area (Å²) in [5, 5.41) is 0.613. The Bertz CT molecular complexity index is 222. The Kier molecular flexibility index (Phi) is 5.68. The maximum Gasteiger partial charge on any atom is 0.0707 e. The molecule has 0 unspecified atom stereocenters. The van der Waals surface area contributed by atoms with Crippen LogP contribution in [0.5, 0.6) is 0 Å². The Morgan fingerprint density at radius 2 is 1.75 bits per heavy atom. The number of hydrogen-bond donors (Lipinski definition) is 1. The standard InChI is InChI=1S/C8H9Cl2N.ClH/c9-7-3-1-6(2-4-7)8(10)5-11;/h1-4,8H,5,11H2;1H/t8-;/m1./s1. The molecule has 0 fully saturated rings. The highest BCUT2D eigenvalue weighted by Crippen LogP contribution is 2.20. The summed E-state index contributed by atoms with van der Waals surface area (Å²) in [6.07, 6.45) is 0. The molecular formula is C8H10Cl3N. The fraction of sp³-hybridized carbons (Fsp3) is 0.250. The van der Waals surface area contributed by atoms with Crippen molar-refractivity contribution in [2.24, 2.45) is 5.73 Å². The fourth-order valence-corrected chi connectivity index (χ4v) is 1.08. The van der Waals surface area contributed by atoms with Crippen molar-refractivity contribution < 1.29 is 0 Å². The lowest BCUT2D eigenvalue weighted by molar-refractivity contribution is 0.930. The molecule has 0 spiro atoms. The summed E-state index contributed by atoms with van der Waals surface area (Å²) in [6, 6.07) is 7.38. The van der Waals surface area contributed by atoms with E-state index in [0.29, 0.717) is 6.54 Å². The lowest BCUT2D eigenvalue weighted by atomic mass is 10.1. The van der Waals surface area contributed by atoms with Crippen molar-refractivity contribution in [1.82, 2.24) is 0 Å². The van der Waals surface area contributed by atoms with Crippen molar-refractivity contribution in [2.75, 3.05) is 6.54 Å². The third kappa shape index (κ3) is 3.20. The Morgan fingerprint density at radius 3 is 2.17 bits per heavy atom. The second-order valence-electron chi connectivity index (χ2n) is 2.25. The van der Waals surface area contributed by atoms with Crippen LogP contribution >= 0.6 is 35.6 Å². The van der Waals surface area contributed by atoms with Crippen LogP contribution in [0.1, 0.15) is 10.9 Å². The maximum absolute atomic E-state index is 5.87. The number of rotatable bonds is 2. The first kappa shape index (κ1) is 12.0. The van der Waals surface area contributed by atoms with Gasteiger partial charge in [-0.2, -0.15) is 0 Å². The molecule has 4 heteroatoms. The minimum Gasteiger partial charge on any atom is -0.329 e. The predicted molar refractivity (Wildman–Crippen MR) is 56.3 cm³/mol. The molecular weight excluding hydrogens is 216 g/mol. The zero-order chi connectivity index (χ0) is 8.27. The summed E-state index contributed by atoms with van der Waals surface area (Å²) in [5.41, 5.74) is 6.39. The number of hydrogen-bond acceptors (Lipinski definition) is 1. The molecule has 0 radical (unpaired) electrons. The molecule has 0 aromatic heterocycles. The first-order chi connectivity index (χ1) is 5.24. The van der Waals surface area contributed by atoms with Crippen LogP contribution in [0.2, 0.25) is 5.02 Å². The van der Waals surface area contributed by atoms with E-state index in [0.717, 1.165) is 10.6 Å². The second kappa shape index (κ2) is 5.65. The van der Waals surface area contributed by atoms with Crippen LogP contribution < -0.4 is 5.73 Å². The molecule has 0 saturated carbocycles. The van der Waals surface area contributed by atoms with Crippen LogP contribution in [-0.2, 0) is 0 Å². The average Bonchev–Trinajstić information content (AvgIpc) is 2.05. The molecule has 0 aliphatic heterocycles. The Hall–Kier alpha value is 0.0500. The number of benzene rings is 1. The molecule has 12 heavy (non-hydrogen) atoms. The van der Waals surface area contributed by atoms with Gasteiger partial charge in [-0.05, 0) is 17.7 Å². The SMILES string of the molecule is Cl.NC[C@@H](Cl)c1ccc(Cl)cc1. The van der Waals surface area contributed by atoms with Crippen LogP contribution in [-0.4, -0.2) is 6.54 Å². The van der Waals surface area contributed by atoms with E-state index in [-0.39, 0.29) is 17.8 Å². The van der Waals surface area contributed by atoms with Crippen LogP contribution in [0.25, 0.3) is 0 Å². The summed E-state index contributed by atoms with van der Waals surface area (Å²) in [6.45, 7) is 0.448. The molecule has 1 nitrogen and oxygen atoms in total. The molecule has 2 N–H and O–H groups in total. The van der Waals surface area contributed by atoms with E-state index in [1.54, 1.807) is 0 Å². The monoisotopic (exact) mass is 225 g/mol. The van der Waals surface area contributed by atoms with E-state index < -0.39 is 0 Å². The van der Waals surface area contributed by atoms with E-state index in [1.165, 1.54) is 0 Å². The van der Waals surface area contributed by atoms with Gasteiger partial charge in [0.15, 0.2) is 0 Å². The van der Waals surface area contributed by atoms with Crippen molar-refractivity contribution in [3.8, 4) is 0 Å². The maximum atomic E-state index is 5.87. The Labute approximate surface area is 88.3 Å². The molecule has 0 saturated heterocycles. The van der Waals surface area contributed by atoms with E-state index in [2.05, 4.69) is 0 Å². The van der Waals surface area contributed by atoms with Crippen LogP contribution in [0.4, 0.5) is 0 Å². The largest absolute Gasteiger partial charge is 0.329 e. The van der Waals surface area contributed by atoms with Crippen LogP contribution in [0, 0.1) is 0 Å². The number of nitrogens with two attached hydrogens (primary N) is 1. The van der Waals surface area contributed by atoms with Gasteiger partial charge >= 0.3 is 0 Å². The molecule has 1 aromatic rings.